The van der Waals surface area contributed by atoms with E-state index in [2.05, 4.69) is 5.32 Å². The van der Waals surface area contributed by atoms with Crippen LogP contribution in [0, 0.1) is 11.6 Å². The topological polar surface area (TPSA) is 25.2 Å². The van der Waals surface area contributed by atoms with Gasteiger partial charge < -0.3 is 9.73 Å². The lowest BCUT2D eigenvalue weighted by Gasteiger charge is -2.14. The van der Waals surface area contributed by atoms with E-state index in [0.29, 0.717) is 12.1 Å². The molecule has 1 aromatic carbocycles. The molecule has 0 saturated heterocycles. The van der Waals surface area contributed by atoms with Crippen LogP contribution in [0.4, 0.5) is 8.78 Å². The van der Waals surface area contributed by atoms with Crippen molar-refractivity contribution in [2.45, 2.75) is 19.5 Å². The van der Waals surface area contributed by atoms with Crippen LogP contribution in [0.25, 0.3) is 0 Å². The van der Waals surface area contributed by atoms with Gasteiger partial charge in [0.25, 0.3) is 0 Å². The number of furan rings is 1. The Balaban J connectivity index is 2.01. The van der Waals surface area contributed by atoms with Crippen LogP contribution in [-0.4, -0.2) is 0 Å². The molecule has 2 nitrogen and oxygen atoms in total. The molecule has 4 heteroatoms. The van der Waals surface area contributed by atoms with Gasteiger partial charge in [0.1, 0.15) is 11.6 Å². The van der Waals surface area contributed by atoms with Crippen molar-refractivity contribution in [3.63, 3.8) is 0 Å². The molecule has 0 bridgehead atoms. The predicted molar refractivity (Wildman–Crippen MR) is 60.3 cm³/mol. The molecule has 1 N–H and O–H groups in total. The Hall–Kier alpha value is -1.68. The van der Waals surface area contributed by atoms with Gasteiger partial charge in [-0.25, -0.2) is 8.78 Å². The average Bonchev–Trinajstić information content (AvgIpc) is 2.78. The van der Waals surface area contributed by atoms with Crippen LogP contribution in [-0.2, 0) is 6.54 Å². The molecular formula is C13H13F2NO. The molecule has 1 aromatic heterocycles. The zero-order valence-corrected chi connectivity index (χ0v) is 9.41. The first-order chi connectivity index (χ1) is 8.16. The molecule has 1 heterocycles. The van der Waals surface area contributed by atoms with Crippen LogP contribution in [0.15, 0.2) is 41.2 Å². The van der Waals surface area contributed by atoms with Gasteiger partial charge in [0.2, 0.25) is 0 Å². The third kappa shape index (κ3) is 2.91. The Bertz CT molecular complexity index is 482. The summed E-state index contributed by atoms with van der Waals surface area (Å²) in [5.74, 6) is -1.09. The van der Waals surface area contributed by atoms with Crippen molar-refractivity contribution in [2.24, 2.45) is 0 Å². The van der Waals surface area contributed by atoms with E-state index < -0.39 is 11.6 Å². The molecule has 2 aromatic rings. The summed E-state index contributed by atoms with van der Waals surface area (Å²) in [5, 5.41) is 3.14. The molecule has 17 heavy (non-hydrogen) atoms. The van der Waals surface area contributed by atoms with E-state index in [9.17, 15) is 8.78 Å². The van der Waals surface area contributed by atoms with Crippen molar-refractivity contribution < 1.29 is 13.2 Å². The number of halogens is 2. The summed E-state index contributed by atoms with van der Waals surface area (Å²) in [7, 11) is 0. The van der Waals surface area contributed by atoms with Gasteiger partial charge in [0.15, 0.2) is 0 Å². The van der Waals surface area contributed by atoms with Crippen LogP contribution in [0.5, 0.6) is 0 Å². The molecule has 0 fully saturated rings. The first kappa shape index (κ1) is 11.8. The SMILES string of the molecule is CC(NCc1ccoc1)c1ccc(F)cc1F. The van der Waals surface area contributed by atoms with Gasteiger partial charge in [0.05, 0.1) is 12.5 Å². The Morgan fingerprint density at radius 2 is 2.12 bits per heavy atom. The summed E-state index contributed by atoms with van der Waals surface area (Å²) in [6.45, 7) is 2.41. The Morgan fingerprint density at radius 3 is 2.76 bits per heavy atom. The van der Waals surface area contributed by atoms with E-state index in [1.54, 1.807) is 12.5 Å². The molecular weight excluding hydrogens is 224 g/mol. The summed E-state index contributed by atoms with van der Waals surface area (Å²) in [6, 6.07) is 5.25. The van der Waals surface area contributed by atoms with Gasteiger partial charge in [-0.1, -0.05) is 6.07 Å². The second kappa shape index (κ2) is 5.10. The molecule has 0 aliphatic heterocycles. The lowest BCUT2D eigenvalue weighted by Crippen LogP contribution is -2.18. The van der Waals surface area contributed by atoms with Crippen LogP contribution >= 0.6 is 0 Å². The second-order valence-electron chi connectivity index (χ2n) is 3.90. The fourth-order valence-corrected chi connectivity index (χ4v) is 1.63. The van der Waals surface area contributed by atoms with Crippen molar-refractivity contribution in [1.29, 1.82) is 0 Å². The highest BCUT2D eigenvalue weighted by Crippen LogP contribution is 2.18. The van der Waals surface area contributed by atoms with E-state index >= 15 is 0 Å². The summed E-state index contributed by atoms with van der Waals surface area (Å²) >= 11 is 0. The molecule has 0 spiro atoms. The molecule has 0 saturated carbocycles. The normalized spacial score (nSPS) is 12.6. The van der Waals surface area contributed by atoms with E-state index in [1.807, 2.05) is 13.0 Å². The predicted octanol–water partition coefficient (Wildman–Crippen LogP) is 3.41. The summed E-state index contributed by atoms with van der Waals surface area (Å²) in [4.78, 5) is 0. The van der Waals surface area contributed by atoms with Crippen molar-refractivity contribution in [3.8, 4) is 0 Å². The van der Waals surface area contributed by atoms with Crippen molar-refractivity contribution in [2.75, 3.05) is 0 Å². The molecule has 0 radical (unpaired) electrons. The lowest BCUT2D eigenvalue weighted by molar-refractivity contribution is 0.513. The Labute approximate surface area is 98.3 Å². The van der Waals surface area contributed by atoms with E-state index in [1.165, 1.54) is 12.1 Å². The monoisotopic (exact) mass is 237 g/mol. The van der Waals surface area contributed by atoms with E-state index in [4.69, 9.17) is 4.42 Å². The highest BCUT2D eigenvalue weighted by Gasteiger charge is 2.11. The Morgan fingerprint density at radius 1 is 1.29 bits per heavy atom. The molecule has 0 amide bonds. The molecule has 1 unspecified atom stereocenters. The Kier molecular flexibility index (Phi) is 3.54. The maximum atomic E-state index is 13.5. The first-order valence-corrected chi connectivity index (χ1v) is 5.36. The standard InChI is InChI=1S/C13H13F2NO/c1-9(16-7-10-4-5-17-8-10)12-3-2-11(14)6-13(12)15/h2-6,8-9,16H,7H2,1H3. The van der Waals surface area contributed by atoms with Crippen molar-refractivity contribution >= 4 is 0 Å². The second-order valence-corrected chi connectivity index (χ2v) is 3.90. The third-order valence-electron chi connectivity index (χ3n) is 2.62. The van der Waals surface area contributed by atoms with Crippen LogP contribution in [0.1, 0.15) is 24.1 Å². The third-order valence-corrected chi connectivity index (χ3v) is 2.62. The van der Waals surface area contributed by atoms with Gasteiger partial charge in [-0.15, -0.1) is 0 Å². The zero-order chi connectivity index (χ0) is 12.3. The van der Waals surface area contributed by atoms with Gasteiger partial charge in [-0.3, -0.25) is 0 Å². The fraction of sp³-hybridized carbons (Fsp3) is 0.231. The average molecular weight is 237 g/mol. The minimum absolute atomic E-state index is 0.189. The number of hydrogen-bond donors (Lipinski definition) is 1. The highest BCUT2D eigenvalue weighted by molar-refractivity contribution is 5.21. The molecule has 1 atom stereocenters. The van der Waals surface area contributed by atoms with Gasteiger partial charge >= 0.3 is 0 Å². The van der Waals surface area contributed by atoms with E-state index in [-0.39, 0.29) is 6.04 Å². The maximum Gasteiger partial charge on any atom is 0.130 e. The van der Waals surface area contributed by atoms with Crippen molar-refractivity contribution in [1.82, 2.24) is 5.32 Å². The van der Waals surface area contributed by atoms with Crippen LogP contribution < -0.4 is 5.32 Å². The molecule has 2 rings (SSSR count). The first-order valence-electron chi connectivity index (χ1n) is 5.36. The quantitative estimate of drug-likeness (QED) is 0.881. The van der Waals surface area contributed by atoms with Gasteiger partial charge in [-0.05, 0) is 19.1 Å². The smallest absolute Gasteiger partial charge is 0.130 e. The number of hydrogen-bond acceptors (Lipinski definition) is 2. The number of benzene rings is 1. The minimum atomic E-state index is -0.562. The summed E-state index contributed by atoms with van der Waals surface area (Å²) in [6.07, 6.45) is 3.21. The van der Waals surface area contributed by atoms with Crippen molar-refractivity contribution in [3.05, 3.63) is 59.6 Å². The van der Waals surface area contributed by atoms with E-state index in [0.717, 1.165) is 11.6 Å². The molecule has 90 valence electrons. The number of rotatable bonds is 4. The van der Waals surface area contributed by atoms with Crippen LogP contribution in [0.3, 0.4) is 0 Å². The minimum Gasteiger partial charge on any atom is -0.472 e. The zero-order valence-electron chi connectivity index (χ0n) is 9.41. The van der Waals surface area contributed by atoms with Crippen LogP contribution in [0.2, 0.25) is 0 Å². The summed E-state index contributed by atoms with van der Waals surface area (Å²) in [5.41, 5.74) is 1.44. The molecule has 0 aliphatic rings. The fourth-order valence-electron chi connectivity index (χ4n) is 1.63. The maximum absolute atomic E-state index is 13.5. The summed E-state index contributed by atoms with van der Waals surface area (Å²) < 4.78 is 31.1. The van der Waals surface area contributed by atoms with Gasteiger partial charge in [0, 0.05) is 29.8 Å². The van der Waals surface area contributed by atoms with Gasteiger partial charge in [-0.2, -0.15) is 0 Å². The highest BCUT2D eigenvalue weighted by atomic mass is 19.1. The number of nitrogens with one attached hydrogen (secondary N) is 1. The molecule has 0 aliphatic carbocycles. The lowest BCUT2D eigenvalue weighted by atomic mass is 10.1. The largest absolute Gasteiger partial charge is 0.472 e.